The van der Waals surface area contributed by atoms with E-state index in [4.69, 9.17) is 4.74 Å². The maximum absolute atomic E-state index is 5.06. The van der Waals surface area contributed by atoms with Crippen LogP contribution in [-0.4, -0.2) is 0 Å². The number of hydrogen-bond acceptors (Lipinski definition) is 2. The van der Waals surface area contributed by atoms with Gasteiger partial charge in [-0.2, -0.15) is 0 Å². The van der Waals surface area contributed by atoms with Gasteiger partial charge in [-0.15, -0.1) is 0 Å². The number of morpholine rings is 1. The van der Waals surface area contributed by atoms with Gasteiger partial charge in [-0.25, -0.2) is 0 Å². The molecule has 1 fully saturated rings. The minimum atomic E-state index is 0.498. The Kier molecular flexibility index (Phi) is 1.38. The molecular weight excluding hydrogens is 126 g/mol. The molecule has 1 N–H and O–H groups in total. The topological polar surface area (TPSA) is 21.3 Å². The van der Waals surface area contributed by atoms with Gasteiger partial charge in [0, 0.05) is 0 Å². The van der Waals surface area contributed by atoms with Crippen molar-refractivity contribution in [2.45, 2.75) is 0 Å². The monoisotopic (exact) mass is 135 g/mol. The highest BCUT2D eigenvalue weighted by Gasteiger charge is 2.13. The van der Waals surface area contributed by atoms with Gasteiger partial charge in [0.15, 0.2) is 0 Å². The molecule has 0 aromatic carbocycles. The van der Waals surface area contributed by atoms with Gasteiger partial charge in [0.1, 0.15) is 11.5 Å². The highest BCUT2D eigenvalue weighted by atomic mass is 16.5. The summed E-state index contributed by atoms with van der Waals surface area (Å²) in [6, 6.07) is 0. The second-order valence-electron chi connectivity index (χ2n) is 2.03. The Labute approximate surface area is 60.2 Å². The van der Waals surface area contributed by atoms with Crippen molar-refractivity contribution >= 4 is 0 Å². The second kappa shape index (κ2) is 2.06. The van der Waals surface area contributed by atoms with E-state index in [1.165, 1.54) is 0 Å². The highest BCUT2D eigenvalue weighted by molar-refractivity contribution is 5.35. The van der Waals surface area contributed by atoms with Crippen LogP contribution in [0.3, 0.4) is 0 Å². The van der Waals surface area contributed by atoms with Crippen LogP contribution in [0.1, 0.15) is 0 Å². The summed E-state index contributed by atoms with van der Waals surface area (Å²) in [5.74, 6) is 0.995. The molecule has 0 aromatic heterocycles. The molecule has 1 aliphatic rings. The lowest BCUT2D eigenvalue weighted by Gasteiger charge is -2.22. The van der Waals surface area contributed by atoms with E-state index in [1.54, 1.807) is 0 Å². The molecule has 0 spiro atoms. The Morgan fingerprint density at radius 3 is 1.60 bits per heavy atom. The third-order valence-corrected chi connectivity index (χ3v) is 1.22. The van der Waals surface area contributed by atoms with E-state index in [2.05, 4.69) is 31.6 Å². The normalized spacial score (nSPS) is 18.4. The number of nitrogens with one attached hydrogen (secondary N) is 1. The minimum absolute atomic E-state index is 0.498. The molecule has 1 aliphatic heterocycles. The zero-order valence-corrected chi connectivity index (χ0v) is 5.74. The molecule has 1 heterocycles. The van der Waals surface area contributed by atoms with E-state index in [1.807, 2.05) is 0 Å². The molecule has 0 atom stereocenters. The van der Waals surface area contributed by atoms with Gasteiger partial charge in [-0.3, -0.25) is 0 Å². The fourth-order valence-electron chi connectivity index (χ4n) is 0.593. The third-order valence-electron chi connectivity index (χ3n) is 1.22. The zero-order chi connectivity index (χ0) is 7.72. The average Bonchev–Trinajstić information content (AvgIpc) is 1.84. The number of rotatable bonds is 0. The van der Waals surface area contributed by atoms with Crippen LogP contribution in [0.5, 0.6) is 0 Å². The van der Waals surface area contributed by atoms with Gasteiger partial charge in [0.2, 0.25) is 0 Å². The van der Waals surface area contributed by atoms with Crippen LogP contribution >= 0.6 is 0 Å². The predicted octanol–water partition coefficient (Wildman–Crippen LogP) is 1.66. The van der Waals surface area contributed by atoms with Gasteiger partial charge in [-0.1, -0.05) is 26.3 Å². The summed E-state index contributed by atoms with van der Waals surface area (Å²) in [6.07, 6.45) is 0. The molecular formula is C8H9NO. The Balaban J connectivity index is 2.82. The van der Waals surface area contributed by atoms with Crippen molar-refractivity contribution in [2.75, 3.05) is 0 Å². The molecule has 2 nitrogen and oxygen atoms in total. The van der Waals surface area contributed by atoms with Gasteiger partial charge in [0.25, 0.3) is 0 Å². The fourth-order valence-corrected chi connectivity index (χ4v) is 0.593. The quantitative estimate of drug-likeness (QED) is 0.545. The summed E-state index contributed by atoms with van der Waals surface area (Å²) in [6.45, 7) is 14.5. The van der Waals surface area contributed by atoms with Crippen molar-refractivity contribution in [1.29, 1.82) is 0 Å². The number of hydrogen-bond donors (Lipinski definition) is 1. The lowest BCUT2D eigenvalue weighted by molar-refractivity contribution is 0.302. The minimum Gasteiger partial charge on any atom is -0.454 e. The summed E-state index contributed by atoms with van der Waals surface area (Å²) in [7, 11) is 0. The van der Waals surface area contributed by atoms with E-state index in [0.29, 0.717) is 22.9 Å². The summed E-state index contributed by atoms with van der Waals surface area (Å²) in [4.78, 5) is 0. The summed E-state index contributed by atoms with van der Waals surface area (Å²) >= 11 is 0. The molecule has 1 rings (SSSR count). The third kappa shape index (κ3) is 0.957. The summed E-state index contributed by atoms with van der Waals surface area (Å²) < 4.78 is 5.06. The maximum Gasteiger partial charge on any atom is 0.143 e. The van der Waals surface area contributed by atoms with Crippen LogP contribution in [0.2, 0.25) is 0 Å². The van der Waals surface area contributed by atoms with E-state index in [9.17, 15) is 0 Å². The first-order valence-corrected chi connectivity index (χ1v) is 2.82. The van der Waals surface area contributed by atoms with E-state index < -0.39 is 0 Å². The lowest BCUT2D eigenvalue weighted by Crippen LogP contribution is -2.21. The first-order chi connectivity index (χ1) is 4.61. The first kappa shape index (κ1) is 6.68. The van der Waals surface area contributed by atoms with Crippen LogP contribution < -0.4 is 5.32 Å². The van der Waals surface area contributed by atoms with Crippen molar-refractivity contribution in [3.63, 3.8) is 0 Å². The molecule has 0 bridgehead atoms. The Morgan fingerprint density at radius 2 is 1.30 bits per heavy atom. The first-order valence-electron chi connectivity index (χ1n) is 2.82. The summed E-state index contributed by atoms with van der Waals surface area (Å²) in [5, 5.41) is 2.87. The maximum atomic E-state index is 5.06. The van der Waals surface area contributed by atoms with Gasteiger partial charge in [-0.05, 0) is 0 Å². The van der Waals surface area contributed by atoms with Crippen LogP contribution in [0.4, 0.5) is 0 Å². The van der Waals surface area contributed by atoms with Gasteiger partial charge in [0.05, 0.1) is 11.4 Å². The largest absolute Gasteiger partial charge is 0.454 e. The van der Waals surface area contributed by atoms with E-state index >= 15 is 0 Å². The van der Waals surface area contributed by atoms with Crippen LogP contribution in [-0.2, 0) is 4.74 Å². The van der Waals surface area contributed by atoms with Crippen molar-refractivity contribution in [3.05, 3.63) is 49.2 Å². The number of ether oxygens (including phenoxy) is 1. The van der Waals surface area contributed by atoms with Crippen molar-refractivity contribution in [2.24, 2.45) is 0 Å². The average molecular weight is 135 g/mol. The Hall–Kier alpha value is -1.44. The molecule has 0 aromatic rings. The molecule has 0 unspecified atom stereocenters. The van der Waals surface area contributed by atoms with Gasteiger partial charge >= 0.3 is 0 Å². The molecule has 2 heteroatoms. The second-order valence-corrected chi connectivity index (χ2v) is 2.03. The highest BCUT2D eigenvalue weighted by Crippen LogP contribution is 2.20. The smallest absolute Gasteiger partial charge is 0.143 e. The molecule has 1 saturated heterocycles. The Morgan fingerprint density at radius 1 is 0.900 bits per heavy atom. The van der Waals surface area contributed by atoms with Crippen LogP contribution in [0.15, 0.2) is 49.2 Å². The van der Waals surface area contributed by atoms with Crippen molar-refractivity contribution < 1.29 is 4.74 Å². The van der Waals surface area contributed by atoms with E-state index in [0.717, 1.165) is 0 Å². The van der Waals surface area contributed by atoms with Crippen molar-refractivity contribution in [1.82, 2.24) is 5.32 Å². The summed E-state index contributed by atoms with van der Waals surface area (Å²) in [5.41, 5.74) is 1.27. The SMILES string of the molecule is C=C1NC(=C)C(=C)OC1=C. The molecule has 0 saturated carbocycles. The molecule has 0 aliphatic carbocycles. The van der Waals surface area contributed by atoms with Crippen LogP contribution in [0, 0.1) is 0 Å². The lowest BCUT2D eigenvalue weighted by atomic mass is 10.3. The predicted molar refractivity (Wildman–Crippen MR) is 40.8 cm³/mol. The zero-order valence-electron chi connectivity index (χ0n) is 5.74. The van der Waals surface area contributed by atoms with Gasteiger partial charge < -0.3 is 10.1 Å². The van der Waals surface area contributed by atoms with Crippen LogP contribution in [0.25, 0.3) is 0 Å². The van der Waals surface area contributed by atoms with E-state index in [-0.39, 0.29) is 0 Å². The molecule has 52 valence electrons. The Bertz CT molecular complexity index is 188. The molecule has 0 radical (unpaired) electrons. The van der Waals surface area contributed by atoms with Crippen molar-refractivity contribution in [3.8, 4) is 0 Å². The molecule has 10 heavy (non-hydrogen) atoms. The molecule has 0 amide bonds. The standard InChI is InChI=1S/C8H9NO/c1-5-7(3)10-8(4)6(2)9-5/h9H,1-4H2. The fraction of sp³-hybridized carbons (Fsp3) is 0.